The summed E-state index contributed by atoms with van der Waals surface area (Å²) < 4.78 is 0. The first kappa shape index (κ1) is 9.49. The van der Waals surface area contributed by atoms with Crippen molar-refractivity contribution in [2.75, 3.05) is 0 Å². The number of carboxylic acids is 1. The number of fused-ring (bicyclic) bond motifs is 1. The van der Waals surface area contributed by atoms with Gasteiger partial charge in [0.15, 0.2) is 0 Å². The van der Waals surface area contributed by atoms with E-state index in [0.29, 0.717) is 0 Å². The maximum Gasteiger partial charge on any atom is 0.326 e. The Kier molecular flexibility index (Phi) is 1.69. The molecule has 2 aliphatic heterocycles. The second kappa shape index (κ2) is 2.49. The van der Waals surface area contributed by atoms with Crippen LogP contribution in [0.15, 0.2) is 0 Å². The van der Waals surface area contributed by atoms with Crippen molar-refractivity contribution in [3.8, 4) is 0 Å². The summed E-state index contributed by atoms with van der Waals surface area (Å²) in [4.78, 5) is 24.1. The van der Waals surface area contributed by atoms with Crippen LogP contribution in [0.25, 0.3) is 0 Å². The molecule has 1 amide bonds. The van der Waals surface area contributed by atoms with Gasteiger partial charge in [-0.25, -0.2) is 4.79 Å². The van der Waals surface area contributed by atoms with Gasteiger partial charge in [0.05, 0.1) is 5.92 Å². The van der Waals surface area contributed by atoms with Gasteiger partial charge in [-0.2, -0.15) is 0 Å². The van der Waals surface area contributed by atoms with Crippen molar-refractivity contribution in [3.05, 3.63) is 0 Å². The lowest BCUT2D eigenvalue weighted by molar-refractivity contribution is -0.164. The first-order valence-electron chi connectivity index (χ1n) is 4.91. The number of carbonyl (C=O) groups is 2. The molecule has 2 heterocycles. The average molecular weight is 197 g/mol. The van der Waals surface area contributed by atoms with Gasteiger partial charge in [-0.05, 0) is 11.8 Å². The monoisotopic (exact) mass is 197 g/mol. The number of nitrogens with zero attached hydrogens (tertiary/aromatic N) is 1. The van der Waals surface area contributed by atoms with Crippen LogP contribution in [0.3, 0.4) is 0 Å². The SMILES string of the molecule is CC1C(=O)N2C1CC(C)(C)C2C(=O)O. The van der Waals surface area contributed by atoms with Gasteiger partial charge >= 0.3 is 5.97 Å². The highest BCUT2D eigenvalue weighted by Gasteiger charge is 2.61. The minimum absolute atomic E-state index is 0.00650. The predicted octanol–water partition coefficient (Wildman–Crippen LogP) is 0.716. The van der Waals surface area contributed by atoms with E-state index >= 15 is 0 Å². The van der Waals surface area contributed by atoms with Gasteiger partial charge in [-0.3, -0.25) is 4.79 Å². The highest BCUT2D eigenvalue weighted by atomic mass is 16.4. The van der Waals surface area contributed by atoms with Gasteiger partial charge in [-0.15, -0.1) is 0 Å². The zero-order valence-corrected chi connectivity index (χ0v) is 8.65. The Hall–Kier alpha value is -1.06. The first-order valence-corrected chi connectivity index (χ1v) is 4.91. The maximum absolute atomic E-state index is 11.5. The minimum atomic E-state index is -0.877. The molecule has 3 atom stereocenters. The minimum Gasteiger partial charge on any atom is -0.480 e. The Morgan fingerprint density at radius 1 is 1.57 bits per heavy atom. The number of carbonyl (C=O) groups excluding carboxylic acids is 1. The lowest BCUT2D eigenvalue weighted by Crippen LogP contribution is -2.61. The van der Waals surface area contributed by atoms with Crippen molar-refractivity contribution in [1.29, 1.82) is 0 Å². The molecule has 0 aromatic rings. The zero-order chi connectivity index (χ0) is 10.7. The van der Waals surface area contributed by atoms with Gasteiger partial charge in [0.2, 0.25) is 5.91 Å². The topological polar surface area (TPSA) is 57.6 Å². The molecule has 0 spiro atoms. The third-order valence-electron chi connectivity index (χ3n) is 3.57. The standard InChI is InChI=1S/C10H15NO3/c1-5-6-4-10(2,3)7(9(13)14)11(6)8(5)12/h5-7H,4H2,1-3H3,(H,13,14). The van der Waals surface area contributed by atoms with Crippen LogP contribution in [-0.4, -0.2) is 34.0 Å². The number of rotatable bonds is 1. The summed E-state index contributed by atoms with van der Waals surface area (Å²) in [5.74, 6) is -0.871. The molecular formula is C10H15NO3. The molecular weight excluding hydrogens is 182 g/mol. The van der Waals surface area contributed by atoms with E-state index in [1.807, 2.05) is 20.8 Å². The molecule has 1 N–H and O–H groups in total. The Balaban J connectivity index is 2.32. The van der Waals surface area contributed by atoms with Gasteiger partial charge < -0.3 is 10.0 Å². The number of β-lactam (4-membered cyclic amide) rings is 1. The fourth-order valence-corrected chi connectivity index (χ4v) is 2.80. The van der Waals surface area contributed by atoms with Crippen molar-refractivity contribution >= 4 is 11.9 Å². The lowest BCUT2D eigenvalue weighted by atomic mass is 9.82. The molecule has 2 fully saturated rings. The van der Waals surface area contributed by atoms with Gasteiger partial charge in [0.25, 0.3) is 0 Å². The summed E-state index contributed by atoms with van der Waals surface area (Å²) in [6.07, 6.45) is 0.802. The largest absolute Gasteiger partial charge is 0.480 e. The Morgan fingerprint density at radius 2 is 2.14 bits per heavy atom. The molecule has 4 nitrogen and oxygen atoms in total. The lowest BCUT2D eigenvalue weighted by Gasteiger charge is -2.43. The predicted molar refractivity (Wildman–Crippen MR) is 49.6 cm³/mol. The molecule has 2 rings (SSSR count). The number of amides is 1. The maximum atomic E-state index is 11.5. The van der Waals surface area contributed by atoms with E-state index in [2.05, 4.69) is 0 Å². The zero-order valence-electron chi connectivity index (χ0n) is 8.65. The molecule has 3 unspecified atom stereocenters. The van der Waals surface area contributed by atoms with Crippen molar-refractivity contribution in [2.45, 2.75) is 39.3 Å². The fourth-order valence-electron chi connectivity index (χ4n) is 2.80. The Bertz CT molecular complexity index is 310. The van der Waals surface area contributed by atoms with Crippen LogP contribution in [-0.2, 0) is 9.59 Å². The fraction of sp³-hybridized carbons (Fsp3) is 0.800. The van der Waals surface area contributed by atoms with Crippen LogP contribution in [0.4, 0.5) is 0 Å². The summed E-state index contributed by atoms with van der Waals surface area (Å²) >= 11 is 0. The highest BCUT2D eigenvalue weighted by molar-refractivity contribution is 5.92. The molecule has 14 heavy (non-hydrogen) atoms. The first-order chi connectivity index (χ1) is 6.36. The molecule has 2 saturated heterocycles. The van der Waals surface area contributed by atoms with Crippen molar-refractivity contribution in [3.63, 3.8) is 0 Å². The molecule has 0 radical (unpaired) electrons. The molecule has 2 aliphatic rings. The van der Waals surface area contributed by atoms with E-state index in [1.165, 1.54) is 0 Å². The summed E-state index contributed by atoms with van der Waals surface area (Å²) in [6, 6.07) is -0.477. The van der Waals surface area contributed by atoms with Gasteiger partial charge in [-0.1, -0.05) is 20.8 Å². The third kappa shape index (κ3) is 0.938. The van der Waals surface area contributed by atoms with Crippen LogP contribution in [0.2, 0.25) is 0 Å². The van der Waals surface area contributed by atoms with E-state index < -0.39 is 12.0 Å². The van der Waals surface area contributed by atoms with E-state index in [0.717, 1.165) is 6.42 Å². The summed E-state index contributed by atoms with van der Waals surface area (Å²) in [7, 11) is 0. The second-order valence-electron chi connectivity index (χ2n) is 5.04. The summed E-state index contributed by atoms with van der Waals surface area (Å²) in [5, 5.41) is 9.08. The van der Waals surface area contributed by atoms with E-state index in [1.54, 1.807) is 4.90 Å². The van der Waals surface area contributed by atoms with Crippen LogP contribution in [0, 0.1) is 11.3 Å². The van der Waals surface area contributed by atoms with E-state index in [4.69, 9.17) is 5.11 Å². The molecule has 0 aromatic heterocycles. The van der Waals surface area contributed by atoms with Crippen molar-refractivity contribution < 1.29 is 14.7 Å². The van der Waals surface area contributed by atoms with E-state index in [-0.39, 0.29) is 23.3 Å². The van der Waals surface area contributed by atoms with Crippen LogP contribution in [0.1, 0.15) is 27.2 Å². The number of hydrogen-bond acceptors (Lipinski definition) is 2. The highest BCUT2D eigenvalue weighted by Crippen LogP contribution is 2.48. The Morgan fingerprint density at radius 3 is 2.64 bits per heavy atom. The number of aliphatic carboxylic acids is 1. The number of carboxylic acid groups (broad SMARTS) is 1. The number of hydrogen-bond donors (Lipinski definition) is 1. The normalized spacial score (nSPS) is 39.2. The molecule has 78 valence electrons. The van der Waals surface area contributed by atoms with E-state index in [9.17, 15) is 9.59 Å². The molecule has 0 aliphatic carbocycles. The molecule has 0 bridgehead atoms. The molecule has 0 aromatic carbocycles. The van der Waals surface area contributed by atoms with Crippen molar-refractivity contribution in [2.24, 2.45) is 11.3 Å². The quantitative estimate of drug-likeness (QED) is 0.630. The van der Waals surface area contributed by atoms with Gasteiger partial charge in [0.1, 0.15) is 6.04 Å². The van der Waals surface area contributed by atoms with Gasteiger partial charge in [0, 0.05) is 6.04 Å². The summed E-state index contributed by atoms with van der Waals surface area (Å²) in [6.45, 7) is 5.72. The smallest absolute Gasteiger partial charge is 0.326 e. The molecule has 0 saturated carbocycles. The third-order valence-corrected chi connectivity index (χ3v) is 3.57. The van der Waals surface area contributed by atoms with Crippen LogP contribution in [0.5, 0.6) is 0 Å². The van der Waals surface area contributed by atoms with Crippen molar-refractivity contribution in [1.82, 2.24) is 4.90 Å². The second-order valence-corrected chi connectivity index (χ2v) is 5.04. The Labute approximate surface area is 82.9 Å². The molecule has 4 heteroatoms. The average Bonchev–Trinajstić information content (AvgIpc) is 2.34. The summed E-state index contributed by atoms with van der Waals surface area (Å²) in [5.41, 5.74) is -0.295. The van der Waals surface area contributed by atoms with Crippen LogP contribution >= 0.6 is 0 Å². The van der Waals surface area contributed by atoms with Crippen LogP contribution < -0.4 is 0 Å².